The molecule has 0 aliphatic heterocycles. The van der Waals surface area contributed by atoms with Gasteiger partial charge in [0.05, 0.1) is 18.4 Å². The second kappa shape index (κ2) is 7.76. The van der Waals surface area contributed by atoms with Crippen LogP contribution in [-0.2, 0) is 6.54 Å². The minimum Gasteiger partial charge on any atom is -0.456 e. The van der Waals surface area contributed by atoms with Crippen molar-refractivity contribution in [2.75, 3.05) is 5.32 Å². The number of Topliss-reactive ketones (excluding diaryl/α,β-unsaturated/α-hetero) is 1. The van der Waals surface area contributed by atoms with Gasteiger partial charge in [-0.05, 0) is 36.4 Å². The number of halogens is 1. The first-order valence-electron chi connectivity index (χ1n) is 8.62. The molecule has 146 valence electrons. The molecule has 8 nitrogen and oxygen atoms in total. The van der Waals surface area contributed by atoms with E-state index in [1.807, 2.05) is 0 Å². The van der Waals surface area contributed by atoms with Crippen LogP contribution in [0.15, 0.2) is 64.0 Å². The van der Waals surface area contributed by atoms with Gasteiger partial charge in [-0.3, -0.25) is 14.3 Å². The third-order valence-corrected chi connectivity index (χ3v) is 4.36. The van der Waals surface area contributed by atoms with E-state index >= 15 is 0 Å². The van der Waals surface area contributed by atoms with Gasteiger partial charge in [-0.2, -0.15) is 5.10 Å². The molecule has 0 fully saturated rings. The summed E-state index contributed by atoms with van der Waals surface area (Å²) >= 11 is 5.90. The summed E-state index contributed by atoms with van der Waals surface area (Å²) in [7, 11) is 0. The molecule has 4 rings (SSSR count). The van der Waals surface area contributed by atoms with Gasteiger partial charge in [0.2, 0.25) is 0 Å². The number of oxazole rings is 1. The van der Waals surface area contributed by atoms with Crippen LogP contribution in [0.25, 0.3) is 11.3 Å². The highest BCUT2D eigenvalue weighted by molar-refractivity contribution is 6.30. The average molecular weight is 411 g/mol. The Hall–Kier alpha value is -3.65. The molecule has 3 heterocycles. The lowest BCUT2D eigenvalue weighted by Gasteiger charge is -2.02. The predicted molar refractivity (Wildman–Crippen MR) is 105 cm³/mol. The number of benzene rings is 1. The van der Waals surface area contributed by atoms with Crippen LogP contribution in [0, 0.1) is 0 Å². The molecule has 0 radical (unpaired) electrons. The van der Waals surface area contributed by atoms with E-state index in [0.29, 0.717) is 40.1 Å². The fraction of sp³-hybridized carbons (Fsp3) is 0.100. The van der Waals surface area contributed by atoms with E-state index in [9.17, 15) is 9.59 Å². The van der Waals surface area contributed by atoms with E-state index in [0.717, 1.165) is 0 Å². The molecule has 0 aliphatic carbocycles. The largest absolute Gasteiger partial charge is 0.456 e. The number of nitrogens with zero attached hydrogens (tertiary/aromatic N) is 3. The first-order chi connectivity index (χ1) is 14.0. The molecule has 0 spiro atoms. The Bertz CT molecular complexity index is 1170. The van der Waals surface area contributed by atoms with Crippen LogP contribution in [0.4, 0.5) is 5.69 Å². The molecule has 0 atom stereocenters. The lowest BCUT2D eigenvalue weighted by atomic mass is 10.1. The van der Waals surface area contributed by atoms with Crippen molar-refractivity contribution in [2.24, 2.45) is 0 Å². The topological polar surface area (TPSA) is 103 Å². The zero-order chi connectivity index (χ0) is 20.4. The predicted octanol–water partition coefficient (Wildman–Crippen LogP) is 4.29. The second-order valence-electron chi connectivity index (χ2n) is 6.24. The summed E-state index contributed by atoms with van der Waals surface area (Å²) in [5.74, 6) is 0.645. The molecule has 0 bridgehead atoms. The molecule has 0 aliphatic rings. The van der Waals surface area contributed by atoms with Gasteiger partial charge in [0.25, 0.3) is 5.91 Å². The number of ketones is 1. The van der Waals surface area contributed by atoms with Crippen LogP contribution in [0.3, 0.4) is 0 Å². The number of aromatic nitrogens is 3. The van der Waals surface area contributed by atoms with Gasteiger partial charge >= 0.3 is 0 Å². The van der Waals surface area contributed by atoms with Gasteiger partial charge in [-0.1, -0.05) is 11.6 Å². The maximum absolute atomic E-state index is 12.6. The lowest BCUT2D eigenvalue weighted by Crippen LogP contribution is -2.13. The number of hydrogen-bond donors (Lipinski definition) is 1. The van der Waals surface area contributed by atoms with Crippen molar-refractivity contribution in [3.8, 4) is 11.3 Å². The molecule has 29 heavy (non-hydrogen) atoms. The minimum atomic E-state index is -0.430. The fourth-order valence-corrected chi connectivity index (χ4v) is 2.86. The Balaban J connectivity index is 1.46. The van der Waals surface area contributed by atoms with E-state index < -0.39 is 5.91 Å². The Morgan fingerprint density at radius 2 is 1.97 bits per heavy atom. The monoisotopic (exact) mass is 410 g/mol. The van der Waals surface area contributed by atoms with Gasteiger partial charge in [0.15, 0.2) is 29.4 Å². The Morgan fingerprint density at radius 1 is 1.17 bits per heavy atom. The summed E-state index contributed by atoms with van der Waals surface area (Å²) in [6, 6.07) is 10.2. The third kappa shape index (κ3) is 4.12. The Labute approximate surface area is 170 Å². The second-order valence-corrected chi connectivity index (χ2v) is 6.68. The van der Waals surface area contributed by atoms with Gasteiger partial charge in [0, 0.05) is 23.7 Å². The highest BCUT2D eigenvalue weighted by Gasteiger charge is 2.19. The van der Waals surface area contributed by atoms with Crippen LogP contribution in [0.1, 0.15) is 33.7 Å². The normalized spacial score (nSPS) is 10.8. The van der Waals surface area contributed by atoms with Crippen molar-refractivity contribution in [1.82, 2.24) is 14.8 Å². The van der Waals surface area contributed by atoms with Crippen molar-refractivity contribution in [1.29, 1.82) is 0 Å². The number of rotatable bonds is 6. The number of nitrogens with one attached hydrogen (secondary N) is 1. The number of furan rings is 1. The van der Waals surface area contributed by atoms with Gasteiger partial charge in [-0.15, -0.1) is 0 Å². The third-order valence-electron chi connectivity index (χ3n) is 4.11. The minimum absolute atomic E-state index is 0.145. The van der Waals surface area contributed by atoms with Crippen molar-refractivity contribution in [2.45, 2.75) is 13.5 Å². The highest BCUT2D eigenvalue weighted by atomic mass is 35.5. The summed E-state index contributed by atoms with van der Waals surface area (Å²) in [5.41, 5.74) is 1.32. The standard InChI is InChI=1S/C20H15ClN4O4/c1-12(26)17-7-6-16(29-17)10-25-9-15(8-23-25)24-20(27)18-19(28-11-22-18)13-2-4-14(21)5-3-13/h2-9,11H,10H2,1H3,(H,24,27). The molecule has 1 aromatic carbocycles. The molecule has 1 N–H and O–H groups in total. The van der Waals surface area contributed by atoms with Crippen LogP contribution < -0.4 is 5.32 Å². The molecule has 1 amide bonds. The fourth-order valence-electron chi connectivity index (χ4n) is 2.73. The first-order valence-corrected chi connectivity index (χ1v) is 9.00. The van der Waals surface area contributed by atoms with E-state index in [1.54, 1.807) is 47.3 Å². The molecule has 0 saturated heterocycles. The number of carbonyl (C=O) groups is 2. The molecule has 4 aromatic rings. The smallest absolute Gasteiger partial charge is 0.278 e. The van der Waals surface area contributed by atoms with Crippen LogP contribution in [-0.4, -0.2) is 26.5 Å². The Kier molecular flexibility index (Phi) is 5.01. The SMILES string of the molecule is CC(=O)c1ccc(Cn2cc(NC(=O)c3ncoc3-c3ccc(Cl)cc3)cn2)o1. The van der Waals surface area contributed by atoms with Crippen molar-refractivity contribution in [3.63, 3.8) is 0 Å². The van der Waals surface area contributed by atoms with Gasteiger partial charge in [0.1, 0.15) is 5.76 Å². The summed E-state index contributed by atoms with van der Waals surface area (Å²) in [6.45, 7) is 1.76. The Morgan fingerprint density at radius 3 is 2.69 bits per heavy atom. The average Bonchev–Trinajstić information content (AvgIpc) is 3.43. The van der Waals surface area contributed by atoms with Gasteiger partial charge in [-0.25, -0.2) is 4.98 Å². The highest BCUT2D eigenvalue weighted by Crippen LogP contribution is 2.25. The van der Waals surface area contributed by atoms with Crippen molar-refractivity contribution in [3.05, 3.63) is 77.4 Å². The molecule has 9 heteroatoms. The maximum Gasteiger partial charge on any atom is 0.278 e. The number of carbonyl (C=O) groups excluding carboxylic acids is 2. The summed E-state index contributed by atoms with van der Waals surface area (Å²) in [4.78, 5) is 28.0. The number of anilines is 1. The van der Waals surface area contributed by atoms with Crippen LogP contribution in [0.5, 0.6) is 0 Å². The maximum atomic E-state index is 12.6. The summed E-state index contributed by atoms with van der Waals surface area (Å²) in [6.07, 6.45) is 4.37. The summed E-state index contributed by atoms with van der Waals surface area (Å²) < 4.78 is 12.4. The van der Waals surface area contributed by atoms with E-state index in [-0.39, 0.29) is 11.5 Å². The van der Waals surface area contributed by atoms with E-state index in [4.69, 9.17) is 20.4 Å². The summed E-state index contributed by atoms with van der Waals surface area (Å²) in [5, 5.41) is 7.51. The molecular formula is C20H15ClN4O4. The first kappa shape index (κ1) is 18.7. The number of hydrogen-bond acceptors (Lipinski definition) is 6. The van der Waals surface area contributed by atoms with E-state index in [1.165, 1.54) is 19.5 Å². The zero-order valence-electron chi connectivity index (χ0n) is 15.3. The van der Waals surface area contributed by atoms with E-state index in [2.05, 4.69) is 15.4 Å². The molecule has 3 aromatic heterocycles. The quantitative estimate of drug-likeness (QED) is 0.475. The van der Waals surface area contributed by atoms with Gasteiger partial charge < -0.3 is 14.2 Å². The zero-order valence-corrected chi connectivity index (χ0v) is 16.0. The molecular weight excluding hydrogens is 396 g/mol. The lowest BCUT2D eigenvalue weighted by molar-refractivity contribution is 0.0983. The molecule has 0 unspecified atom stereocenters. The van der Waals surface area contributed by atoms with Crippen molar-refractivity contribution >= 4 is 29.0 Å². The molecule has 0 saturated carbocycles. The van der Waals surface area contributed by atoms with Crippen molar-refractivity contribution < 1.29 is 18.4 Å². The van der Waals surface area contributed by atoms with Crippen LogP contribution >= 0.6 is 11.6 Å². The van der Waals surface area contributed by atoms with Crippen LogP contribution in [0.2, 0.25) is 5.02 Å². The number of amides is 1.